The van der Waals surface area contributed by atoms with Gasteiger partial charge in [0.2, 0.25) is 15.9 Å². The second kappa shape index (κ2) is 8.49. The van der Waals surface area contributed by atoms with Crippen LogP contribution in [-0.2, 0) is 21.2 Å². The second-order valence-corrected chi connectivity index (χ2v) is 9.28. The Hall–Kier alpha value is -2.84. The third kappa shape index (κ3) is 4.20. The van der Waals surface area contributed by atoms with Crippen LogP contribution in [0.25, 0.3) is 11.0 Å². The van der Waals surface area contributed by atoms with Crippen molar-refractivity contribution in [3.8, 4) is 5.75 Å². The Bertz CT molecular complexity index is 1150. The molecule has 4 rings (SSSR count). The van der Waals surface area contributed by atoms with E-state index in [9.17, 15) is 13.2 Å². The third-order valence-corrected chi connectivity index (χ3v) is 7.22. The highest BCUT2D eigenvalue weighted by Gasteiger charge is 2.25. The summed E-state index contributed by atoms with van der Waals surface area (Å²) in [4.78, 5) is 12.7. The van der Waals surface area contributed by atoms with E-state index in [0.29, 0.717) is 30.1 Å². The van der Waals surface area contributed by atoms with Crippen molar-refractivity contribution in [2.24, 2.45) is 0 Å². The third-order valence-electron chi connectivity index (χ3n) is 5.30. The summed E-state index contributed by atoms with van der Waals surface area (Å²) < 4.78 is 37.7. The Kier molecular flexibility index (Phi) is 5.78. The summed E-state index contributed by atoms with van der Waals surface area (Å²) in [6.07, 6.45) is 4.55. The van der Waals surface area contributed by atoms with Gasteiger partial charge in [-0.25, -0.2) is 8.42 Å². The Morgan fingerprint density at radius 2 is 1.83 bits per heavy atom. The highest BCUT2D eigenvalue weighted by Crippen LogP contribution is 2.27. The molecule has 0 radical (unpaired) electrons. The number of sulfonamides is 1. The zero-order valence-corrected chi connectivity index (χ0v) is 17.6. The number of benzene rings is 2. The summed E-state index contributed by atoms with van der Waals surface area (Å²) in [5.74, 6) is 0.475. The van der Waals surface area contributed by atoms with Gasteiger partial charge in [-0.1, -0.05) is 6.42 Å². The summed E-state index contributed by atoms with van der Waals surface area (Å²) in [6.45, 7) is 1.12. The van der Waals surface area contributed by atoms with Crippen LogP contribution in [0, 0.1) is 0 Å². The molecule has 0 aliphatic carbocycles. The van der Waals surface area contributed by atoms with Gasteiger partial charge >= 0.3 is 0 Å². The normalized spacial score (nSPS) is 15.2. The largest absolute Gasteiger partial charge is 0.497 e. The maximum Gasteiger partial charge on any atom is 0.243 e. The first kappa shape index (κ1) is 20.4. The van der Waals surface area contributed by atoms with Gasteiger partial charge in [0.15, 0.2) is 0 Å². The molecule has 1 aliphatic heterocycles. The first-order valence-electron chi connectivity index (χ1n) is 9.91. The molecule has 7 nitrogen and oxygen atoms in total. The number of nitrogens with zero attached hydrogens (tertiary/aromatic N) is 1. The topological polar surface area (TPSA) is 88.8 Å². The van der Waals surface area contributed by atoms with E-state index in [0.717, 1.165) is 30.2 Å². The number of piperidine rings is 1. The molecular weight excluding hydrogens is 404 g/mol. The molecule has 0 atom stereocenters. The summed E-state index contributed by atoms with van der Waals surface area (Å²) in [5, 5.41) is 3.64. The molecular formula is C22H24N2O5S. The van der Waals surface area contributed by atoms with Crippen LogP contribution in [0.5, 0.6) is 5.75 Å². The smallest absolute Gasteiger partial charge is 0.243 e. The van der Waals surface area contributed by atoms with Gasteiger partial charge in [0.25, 0.3) is 0 Å². The van der Waals surface area contributed by atoms with Crippen molar-refractivity contribution in [3.63, 3.8) is 0 Å². The Balaban J connectivity index is 1.44. The average molecular weight is 429 g/mol. The minimum atomic E-state index is -3.48. The number of hydrogen-bond donors (Lipinski definition) is 1. The summed E-state index contributed by atoms with van der Waals surface area (Å²) >= 11 is 0. The fraction of sp³-hybridized carbons (Fsp3) is 0.318. The minimum Gasteiger partial charge on any atom is -0.497 e. The van der Waals surface area contributed by atoms with Gasteiger partial charge in [-0.05, 0) is 55.3 Å². The molecule has 1 amide bonds. The number of hydrogen-bond acceptors (Lipinski definition) is 5. The Morgan fingerprint density at radius 3 is 2.53 bits per heavy atom. The molecule has 0 bridgehead atoms. The van der Waals surface area contributed by atoms with Gasteiger partial charge in [0.1, 0.15) is 11.3 Å². The van der Waals surface area contributed by atoms with Crippen molar-refractivity contribution in [1.29, 1.82) is 0 Å². The lowest BCUT2D eigenvalue weighted by molar-refractivity contribution is -0.115. The first-order chi connectivity index (χ1) is 14.5. The average Bonchev–Trinajstić information content (AvgIpc) is 3.16. The first-order valence-corrected chi connectivity index (χ1v) is 11.4. The number of rotatable bonds is 6. The molecule has 1 N–H and O–H groups in total. The van der Waals surface area contributed by atoms with Gasteiger partial charge in [0.05, 0.1) is 24.7 Å². The zero-order valence-electron chi connectivity index (χ0n) is 16.8. The number of anilines is 1. The lowest BCUT2D eigenvalue weighted by Crippen LogP contribution is -2.35. The van der Waals surface area contributed by atoms with Gasteiger partial charge in [0, 0.05) is 29.7 Å². The van der Waals surface area contributed by atoms with Crippen LogP contribution in [0.2, 0.25) is 0 Å². The van der Waals surface area contributed by atoms with Crippen LogP contribution in [-0.4, -0.2) is 38.8 Å². The monoisotopic (exact) mass is 428 g/mol. The molecule has 8 heteroatoms. The van der Waals surface area contributed by atoms with Crippen molar-refractivity contribution < 1.29 is 22.4 Å². The van der Waals surface area contributed by atoms with Crippen molar-refractivity contribution in [1.82, 2.24) is 4.31 Å². The molecule has 0 spiro atoms. The van der Waals surface area contributed by atoms with Crippen LogP contribution < -0.4 is 10.1 Å². The number of methoxy groups -OCH3 is 1. The predicted octanol–water partition coefficient (Wildman–Crippen LogP) is 3.80. The number of carbonyl (C=O) groups is 1. The predicted molar refractivity (Wildman–Crippen MR) is 114 cm³/mol. The van der Waals surface area contributed by atoms with Gasteiger partial charge in [-0.3, -0.25) is 4.79 Å². The lowest BCUT2D eigenvalue weighted by atomic mass is 10.1. The number of furan rings is 1. The van der Waals surface area contributed by atoms with Crippen LogP contribution in [0.3, 0.4) is 0 Å². The molecule has 0 saturated carbocycles. The van der Waals surface area contributed by atoms with Crippen molar-refractivity contribution in [2.75, 3.05) is 25.5 Å². The molecule has 1 aromatic heterocycles. The Labute approximate surface area is 175 Å². The highest BCUT2D eigenvalue weighted by molar-refractivity contribution is 7.89. The van der Waals surface area contributed by atoms with E-state index >= 15 is 0 Å². The summed E-state index contributed by atoms with van der Waals surface area (Å²) in [6, 6.07) is 11.7. The SMILES string of the molecule is COc1ccc2occ(CC(=O)Nc3ccc(S(=O)(=O)N4CCCCC4)cc3)c2c1. The number of ether oxygens (including phenoxy) is 1. The number of nitrogens with one attached hydrogen (secondary N) is 1. The molecule has 1 saturated heterocycles. The molecule has 158 valence electrons. The molecule has 1 fully saturated rings. The lowest BCUT2D eigenvalue weighted by Gasteiger charge is -2.25. The fourth-order valence-electron chi connectivity index (χ4n) is 3.67. The van der Waals surface area contributed by atoms with E-state index in [4.69, 9.17) is 9.15 Å². The van der Waals surface area contributed by atoms with E-state index in [2.05, 4.69) is 5.32 Å². The number of carbonyl (C=O) groups excluding carboxylic acids is 1. The quantitative estimate of drug-likeness (QED) is 0.645. The number of fused-ring (bicyclic) bond motifs is 1. The van der Waals surface area contributed by atoms with Crippen LogP contribution in [0.1, 0.15) is 24.8 Å². The van der Waals surface area contributed by atoms with Crippen LogP contribution >= 0.6 is 0 Å². The van der Waals surface area contributed by atoms with Crippen molar-refractivity contribution in [3.05, 3.63) is 54.3 Å². The van der Waals surface area contributed by atoms with E-state index in [1.54, 1.807) is 37.6 Å². The standard InChI is InChI=1S/C22H24N2O5S/c1-28-18-7-10-21-20(14-18)16(15-29-21)13-22(25)23-17-5-8-19(9-6-17)30(26,27)24-11-3-2-4-12-24/h5-10,14-15H,2-4,11-13H2,1H3,(H,23,25). The highest BCUT2D eigenvalue weighted by atomic mass is 32.2. The van der Waals surface area contributed by atoms with Crippen LogP contribution in [0.15, 0.2) is 58.0 Å². The number of amides is 1. The molecule has 0 unspecified atom stereocenters. The zero-order chi connectivity index (χ0) is 21.1. The maximum absolute atomic E-state index is 12.7. The van der Waals surface area contributed by atoms with E-state index < -0.39 is 10.0 Å². The molecule has 1 aliphatic rings. The van der Waals surface area contributed by atoms with E-state index in [-0.39, 0.29) is 17.2 Å². The van der Waals surface area contributed by atoms with Gasteiger partial charge < -0.3 is 14.5 Å². The minimum absolute atomic E-state index is 0.133. The van der Waals surface area contributed by atoms with Crippen molar-refractivity contribution >= 4 is 32.6 Å². The van der Waals surface area contributed by atoms with Gasteiger partial charge in [-0.2, -0.15) is 4.31 Å². The molecule has 3 aromatic rings. The molecule has 30 heavy (non-hydrogen) atoms. The molecule has 2 heterocycles. The summed E-state index contributed by atoms with van der Waals surface area (Å²) in [5.41, 5.74) is 1.99. The maximum atomic E-state index is 12.7. The van der Waals surface area contributed by atoms with Crippen molar-refractivity contribution in [2.45, 2.75) is 30.6 Å². The summed E-state index contributed by atoms with van der Waals surface area (Å²) in [7, 11) is -1.90. The van der Waals surface area contributed by atoms with Gasteiger partial charge in [-0.15, -0.1) is 0 Å². The molecule has 2 aromatic carbocycles. The fourth-order valence-corrected chi connectivity index (χ4v) is 5.18. The van der Waals surface area contributed by atoms with Crippen LogP contribution in [0.4, 0.5) is 5.69 Å². The Morgan fingerprint density at radius 1 is 1.10 bits per heavy atom. The van der Waals surface area contributed by atoms with E-state index in [1.807, 2.05) is 6.07 Å². The van der Waals surface area contributed by atoms with E-state index in [1.165, 1.54) is 16.4 Å². The second-order valence-electron chi connectivity index (χ2n) is 7.34.